The van der Waals surface area contributed by atoms with E-state index in [0.717, 1.165) is 22.5 Å². The van der Waals surface area contributed by atoms with Gasteiger partial charge in [-0.3, -0.25) is 4.79 Å². The zero-order valence-electron chi connectivity index (χ0n) is 17.7. The predicted octanol–water partition coefficient (Wildman–Crippen LogP) is 4.80. The van der Waals surface area contributed by atoms with Gasteiger partial charge in [0.15, 0.2) is 6.61 Å². The third kappa shape index (κ3) is 6.89. The van der Waals surface area contributed by atoms with Crippen molar-refractivity contribution in [2.75, 3.05) is 23.8 Å². The molecule has 0 radical (unpaired) electrons. The first-order chi connectivity index (χ1) is 15.0. The predicted molar refractivity (Wildman–Crippen MR) is 121 cm³/mol. The van der Waals surface area contributed by atoms with Crippen LogP contribution in [0.15, 0.2) is 72.8 Å². The summed E-state index contributed by atoms with van der Waals surface area (Å²) in [5, 5.41) is 6.11. The molecule has 3 aromatic carbocycles. The number of benzene rings is 3. The van der Waals surface area contributed by atoms with E-state index in [1.54, 1.807) is 19.1 Å². The third-order valence-electron chi connectivity index (χ3n) is 4.50. The fraction of sp³-hybridized carbons (Fsp3) is 0.200. The maximum absolute atomic E-state index is 12.1. The fourth-order valence-corrected chi connectivity index (χ4v) is 2.87. The second kappa shape index (κ2) is 10.8. The van der Waals surface area contributed by atoms with Crippen LogP contribution in [-0.4, -0.2) is 25.1 Å². The lowest BCUT2D eigenvalue weighted by Gasteiger charge is -2.11. The summed E-state index contributed by atoms with van der Waals surface area (Å²) >= 11 is 0. The van der Waals surface area contributed by atoms with Crippen LogP contribution in [0.4, 0.5) is 11.4 Å². The zero-order valence-corrected chi connectivity index (χ0v) is 17.7. The number of nitrogens with one attached hydrogen (secondary N) is 2. The molecule has 0 atom stereocenters. The van der Waals surface area contributed by atoms with E-state index >= 15 is 0 Å². The molecule has 0 unspecified atom stereocenters. The Bertz CT molecular complexity index is 1010. The largest absolute Gasteiger partial charge is 0.484 e. The van der Waals surface area contributed by atoms with Gasteiger partial charge in [-0.15, -0.1) is 0 Å². The van der Waals surface area contributed by atoms with Crippen LogP contribution in [0, 0.1) is 6.92 Å². The molecule has 31 heavy (non-hydrogen) atoms. The lowest BCUT2D eigenvalue weighted by Crippen LogP contribution is -2.20. The summed E-state index contributed by atoms with van der Waals surface area (Å²) in [7, 11) is 0. The number of hydrogen-bond donors (Lipinski definition) is 2. The summed E-state index contributed by atoms with van der Waals surface area (Å²) in [6, 6.07) is 22.3. The minimum atomic E-state index is -0.328. The molecule has 3 aromatic rings. The van der Waals surface area contributed by atoms with Gasteiger partial charge in [0.05, 0.1) is 12.2 Å². The van der Waals surface area contributed by atoms with Gasteiger partial charge in [0.1, 0.15) is 5.75 Å². The van der Waals surface area contributed by atoms with Gasteiger partial charge < -0.3 is 20.1 Å². The average Bonchev–Trinajstić information content (AvgIpc) is 2.79. The molecular weight excluding hydrogens is 392 g/mol. The third-order valence-corrected chi connectivity index (χ3v) is 4.50. The second-order valence-electron chi connectivity index (χ2n) is 7.00. The van der Waals surface area contributed by atoms with Crippen LogP contribution in [0.3, 0.4) is 0 Å². The van der Waals surface area contributed by atoms with E-state index in [-0.39, 0.29) is 18.5 Å². The summed E-state index contributed by atoms with van der Waals surface area (Å²) in [5.74, 6) is 0.0791. The maximum Gasteiger partial charge on any atom is 0.338 e. The number of carbonyl (C=O) groups is 2. The molecule has 160 valence electrons. The van der Waals surface area contributed by atoms with Crippen molar-refractivity contribution in [3.8, 4) is 5.75 Å². The number of anilines is 2. The second-order valence-corrected chi connectivity index (χ2v) is 7.00. The van der Waals surface area contributed by atoms with Gasteiger partial charge in [-0.2, -0.15) is 0 Å². The molecule has 2 N–H and O–H groups in total. The summed E-state index contributed by atoms with van der Waals surface area (Å²) in [5.41, 5.74) is 4.29. The molecular formula is C25H26N2O4. The fourth-order valence-electron chi connectivity index (χ4n) is 2.87. The first-order valence-electron chi connectivity index (χ1n) is 10.1. The van der Waals surface area contributed by atoms with Gasteiger partial charge in [0.25, 0.3) is 5.91 Å². The monoisotopic (exact) mass is 418 g/mol. The van der Waals surface area contributed by atoms with Gasteiger partial charge in [-0.05, 0) is 67.9 Å². The lowest BCUT2D eigenvalue weighted by molar-refractivity contribution is -0.118. The molecule has 0 aromatic heterocycles. The molecule has 0 aliphatic carbocycles. The van der Waals surface area contributed by atoms with Crippen LogP contribution in [0.2, 0.25) is 0 Å². The van der Waals surface area contributed by atoms with Crippen molar-refractivity contribution in [1.29, 1.82) is 0 Å². The summed E-state index contributed by atoms with van der Waals surface area (Å²) < 4.78 is 10.6. The number of hydrogen-bond acceptors (Lipinski definition) is 5. The number of rotatable bonds is 9. The van der Waals surface area contributed by atoms with Crippen LogP contribution in [0.5, 0.6) is 5.75 Å². The molecule has 0 bridgehead atoms. The van der Waals surface area contributed by atoms with Gasteiger partial charge in [-0.1, -0.05) is 29.8 Å². The minimum Gasteiger partial charge on any atom is -0.484 e. The molecule has 0 saturated carbocycles. The van der Waals surface area contributed by atoms with Gasteiger partial charge in [-0.25, -0.2) is 4.79 Å². The SMILES string of the molecule is CCOC(=O)c1ccc(NCc2cccc(OCC(=O)Nc3ccc(C)cc3)c2)cc1. The van der Waals surface area contributed by atoms with E-state index in [4.69, 9.17) is 9.47 Å². The Balaban J connectivity index is 1.49. The topological polar surface area (TPSA) is 76.7 Å². The highest BCUT2D eigenvalue weighted by Crippen LogP contribution is 2.16. The van der Waals surface area contributed by atoms with E-state index in [2.05, 4.69) is 10.6 Å². The van der Waals surface area contributed by atoms with E-state index in [1.165, 1.54) is 0 Å². The Hall–Kier alpha value is -3.80. The van der Waals surface area contributed by atoms with Gasteiger partial charge >= 0.3 is 5.97 Å². The Kier molecular flexibility index (Phi) is 7.65. The van der Waals surface area contributed by atoms with Crippen molar-refractivity contribution in [2.45, 2.75) is 20.4 Å². The number of amides is 1. The Morgan fingerprint density at radius 3 is 2.32 bits per heavy atom. The first-order valence-corrected chi connectivity index (χ1v) is 10.1. The van der Waals surface area contributed by atoms with Crippen molar-refractivity contribution in [1.82, 2.24) is 0 Å². The van der Waals surface area contributed by atoms with Crippen LogP contribution in [0.1, 0.15) is 28.4 Å². The number of esters is 1. The molecule has 0 heterocycles. The van der Waals surface area contributed by atoms with E-state index in [1.807, 2.05) is 67.6 Å². The molecule has 6 heteroatoms. The molecule has 1 amide bonds. The highest BCUT2D eigenvalue weighted by molar-refractivity contribution is 5.92. The van der Waals surface area contributed by atoms with Crippen LogP contribution >= 0.6 is 0 Å². The van der Waals surface area contributed by atoms with Crippen molar-refractivity contribution in [3.05, 3.63) is 89.5 Å². The highest BCUT2D eigenvalue weighted by Gasteiger charge is 2.06. The normalized spacial score (nSPS) is 10.3. The molecule has 0 fully saturated rings. The maximum atomic E-state index is 12.1. The summed E-state index contributed by atoms with van der Waals surface area (Å²) in [4.78, 5) is 23.8. The summed E-state index contributed by atoms with van der Waals surface area (Å²) in [6.45, 7) is 4.63. The van der Waals surface area contributed by atoms with Gasteiger partial charge in [0, 0.05) is 17.9 Å². The molecule has 6 nitrogen and oxygen atoms in total. The van der Waals surface area contributed by atoms with Crippen molar-refractivity contribution in [2.24, 2.45) is 0 Å². The van der Waals surface area contributed by atoms with Crippen molar-refractivity contribution < 1.29 is 19.1 Å². The van der Waals surface area contributed by atoms with Crippen LogP contribution in [0.25, 0.3) is 0 Å². The standard InChI is InChI=1S/C25H26N2O4/c1-3-30-25(29)20-9-13-21(14-10-20)26-16-19-5-4-6-23(15-19)31-17-24(28)27-22-11-7-18(2)8-12-22/h4-15,26H,3,16-17H2,1-2H3,(H,27,28). The van der Waals surface area contributed by atoms with Crippen LogP contribution in [-0.2, 0) is 16.1 Å². The van der Waals surface area contributed by atoms with Crippen molar-refractivity contribution in [3.63, 3.8) is 0 Å². The Morgan fingerprint density at radius 2 is 1.61 bits per heavy atom. The molecule has 0 saturated heterocycles. The van der Waals surface area contributed by atoms with Gasteiger partial charge in [0.2, 0.25) is 0 Å². The number of ether oxygens (including phenoxy) is 2. The zero-order chi connectivity index (χ0) is 22.1. The Labute approximate surface area is 182 Å². The minimum absolute atomic E-state index is 0.0694. The number of aryl methyl sites for hydroxylation is 1. The van der Waals surface area contributed by atoms with E-state index in [0.29, 0.717) is 24.5 Å². The first kappa shape index (κ1) is 21.9. The molecule has 0 aliphatic rings. The van der Waals surface area contributed by atoms with E-state index < -0.39 is 0 Å². The highest BCUT2D eigenvalue weighted by atomic mass is 16.5. The summed E-state index contributed by atoms with van der Waals surface area (Å²) in [6.07, 6.45) is 0. The molecule has 0 aliphatic heterocycles. The van der Waals surface area contributed by atoms with Crippen molar-refractivity contribution >= 4 is 23.3 Å². The molecule has 3 rings (SSSR count). The molecule has 0 spiro atoms. The average molecular weight is 418 g/mol. The number of carbonyl (C=O) groups excluding carboxylic acids is 2. The quantitative estimate of drug-likeness (QED) is 0.488. The smallest absolute Gasteiger partial charge is 0.338 e. The van der Waals surface area contributed by atoms with Crippen LogP contribution < -0.4 is 15.4 Å². The lowest BCUT2D eigenvalue weighted by atomic mass is 10.2. The Morgan fingerprint density at radius 1 is 0.903 bits per heavy atom. The van der Waals surface area contributed by atoms with E-state index in [9.17, 15) is 9.59 Å².